The third-order valence-electron chi connectivity index (χ3n) is 6.57. The summed E-state index contributed by atoms with van der Waals surface area (Å²) in [4.78, 5) is 16.8. The van der Waals surface area contributed by atoms with Gasteiger partial charge in [0.05, 0.1) is 22.0 Å². The molecule has 1 atom stereocenters. The molecule has 1 aliphatic heterocycles. The molecule has 194 valence electrons. The van der Waals surface area contributed by atoms with E-state index in [9.17, 15) is 18.7 Å². The number of halogens is 2. The summed E-state index contributed by atoms with van der Waals surface area (Å²) in [6.07, 6.45) is 3.74. The van der Waals surface area contributed by atoms with E-state index in [1.165, 1.54) is 0 Å². The molecule has 2 heterocycles. The van der Waals surface area contributed by atoms with E-state index in [0.29, 0.717) is 23.2 Å². The standard InChI is InChI=1S/C32H21F2NO3S.Na.H/c33-27-16-20-10-12-23(35-29(20)17-28(27)34)11-8-19-9-13-30-26(14-19)31(25-7-2-1-4-22(25)18-38-30)39-24-6-3-5-21(15-24)32(36)37;;/h1-17,31H,18H2,(H,36,37);;/q;+1;-1. The number of nitrogens with zero attached hydrogens (tertiary/aromatic N) is 1. The Balaban J connectivity index is 0.00000194. The van der Waals surface area contributed by atoms with Crippen molar-refractivity contribution in [1.82, 2.24) is 4.98 Å². The fourth-order valence-corrected chi connectivity index (χ4v) is 5.92. The molecule has 4 aromatic carbocycles. The van der Waals surface area contributed by atoms with Gasteiger partial charge in [0.25, 0.3) is 0 Å². The average molecular weight is 562 g/mol. The van der Waals surface area contributed by atoms with E-state index in [1.807, 2.05) is 48.6 Å². The molecule has 0 aliphatic carbocycles. The summed E-state index contributed by atoms with van der Waals surface area (Å²) < 4.78 is 33.4. The Hall–Kier alpha value is -3.49. The number of hydrogen-bond acceptors (Lipinski definition) is 4. The molecule has 0 spiro atoms. The maximum absolute atomic E-state index is 13.7. The third kappa shape index (κ3) is 5.83. The first-order valence-corrected chi connectivity index (χ1v) is 13.1. The zero-order valence-electron chi connectivity index (χ0n) is 22.5. The number of hydrogen-bond donors (Lipinski definition) is 1. The van der Waals surface area contributed by atoms with E-state index in [4.69, 9.17) is 4.74 Å². The summed E-state index contributed by atoms with van der Waals surface area (Å²) >= 11 is 1.58. The number of ether oxygens (including phenoxy) is 1. The average Bonchev–Trinajstić information content (AvgIpc) is 3.09. The number of carboxylic acids is 1. The zero-order valence-corrected chi connectivity index (χ0v) is 24.3. The molecule has 1 aromatic heterocycles. The largest absolute Gasteiger partial charge is 1.00 e. The molecule has 0 amide bonds. The summed E-state index contributed by atoms with van der Waals surface area (Å²) in [5.74, 6) is -2.04. The SMILES string of the molecule is O=C(O)c1cccc(SC2c3ccccc3COc3ccc(C=Cc4ccc5cc(F)c(F)cc5n4)cc32)c1.[H-].[Na+]. The molecular weight excluding hydrogens is 539 g/mol. The van der Waals surface area contributed by atoms with Gasteiger partial charge in [0.1, 0.15) is 12.4 Å². The van der Waals surface area contributed by atoms with E-state index in [1.54, 1.807) is 42.1 Å². The van der Waals surface area contributed by atoms with Crippen LogP contribution in [0.5, 0.6) is 5.75 Å². The Bertz CT molecular complexity index is 1780. The summed E-state index contributed by atoms with van der Waals surface area (Å²) in [5, 5.41) is 9.87. The van der Waals surface area contributed by atoms with Crippen molar-refractivity contribution in [3.63, 3.8) is 0 Å². The summed E-state index contributed by atoms with van der Waals surface area (Å²) in [7, 11) is 0. The molecule has 5 aromatic rings. The maximum atomic E-state index is 13.7. The van der Waals surface area contributed by atoms with Crippen LogP contribution in [0.2, 0.25) is 0 Å². The van der Waals surface area contributed by atoms with Crippen LogP contribution in [0.15, 0.2) is 95.9 Å². The van der Waals surface area contributed by atoms with Crippen molar-refractivity contribution in [3.8, 4) is 5.75 Å². The van der Waals surface area contributed by atoms with Gasteiger partial charge >= 0.3 is 35.5 Å². The van der Waals surface area contributed by atoms with E-state index in [-0.39, 0.29) is 41.8 Å². The van der Waals surface area contributed by atoms with Crippen LogP contribution in [0.1, 0.15) is 45.0 Å². The van der Waals surface area contributed by atoms with E-state index in [2.05, 4.69) is 17.1 Å². The Morgan fingerprint density at radius 3 is 2.60 bits per heavy atom. The molecule has 0 fully saturated rings. The number of aromatic nitrogens is 1. The zero-order chi connectivity index (χ0) is 26.9. The molecule has 4 nitrogen and oxygen atoms in total. The second kappa shape index (κ2) is 11.9. The fraction of sp³-hybridized carbons (Fsp3) is 0.0625. The van der Waals surface area contributed by atoms with Crippen molar-refractivity contribution in [2.75, 3.05) is 0 Å². The second-order valence-electron chi connectivity index (χ2n) is 9.14. The van der Waals surface area contributed by atoms with Gasteiger partial charge in [-0.25, -0.2) is 18.6 Å². The molecular formula is C32H22F2NNaO3S. The van der Waals surface area contributed by atoms with Crippen LogP contribution >= 0.6 is 11.8 Å². The van der Waals surface area contributed by atoms with E-state index < -0.39 is 17.6 Å². The van der Waals surface area contributed by atoms with Crippen LogP contribution in [-0.4, -0.2) is 16.1 Å². The number of benzene rings is 4. The third-order valence-corrected chi connectivity index (χ3v) is 7.84. The molecule has 8 heteroatoms. The number of carbonyl (C=O) groups is 1. The molecule has 40 heavy (non-hydrogen) atoms. The van der Waals surface area contributed by atoms with Gasteiger partial charge in [0.2, 0.25) is 0 Å². The van der Waals surface area contributed by atoms with Crippen LogP contribution < -0.4 is 34.3 Å². The molecule has 1 N–H and O–H groups in total. The van der Waals surface area contributed by atoms with Crippen LogP contribution in [0.25, 0.3) is 23.1 Å². The molecule has 0 radical (unpaired) electrons. The Morgan fingerprint density at radius 1 is 0.925 bits per heavy atom. The number of rotatable bonds is 5. The summed E-state index contributed by atoms with van der Waals surface area (Å²) in [5.41, 5.74) is 5.28. The van der Waals surface area contributed by atoms with Crippen molar-refractivity contribution in [3.05, 3.63) is 136 Å². The van der Waals surface area contributed by atoms with Crippen molar-refractivity contribution in [2.45, 2.75) is 16.8 Å². The molecule has 0 bridgehead atoms. The van der Waals surface area contributed by atoms with Crippen molar-refractivity contribution >= 4 is 40.8 Å². The number of carboxylic acid groups (broad SMARTS) is 1. The van der Waals surface area contributed by atoms with Gasteiger partial charge in [-0.3, -0.25) is 0 Å². The molecule has 0 saturated heterocycles. The van der Waals surface area contributed by atoms with Crippen molar-refractivity contribution in [2.24, 2.45) is 0 Å². The van der Waals surface area contributed by atoms with Gasteiger partial charge in [0, 0.05) is 21.9 Å². The first-order chi connectivity index (χ1) is 18.9. The van der Waals surface area contributed by atoms with Crippen LogP contribution in [0, 0.1) is 11.6 Å². The summed E-state index contributed by atoms with van der Waals surface area (Å²) in [6, 6.07) is 26.7. The van der Waals surface area contributed by atoms with Gasteiger partial charge in [-0.05, 0) is 65.2 Å². The Kier molecular flexibility index (Phi) is 8.38. The van der Waals surface area contributed by atoms with Crippen LogP contribution in [0.4, 0.5) is 8.78 Å². The summed E-state index contributed by atoms with van der Waals surface area (Å²) in [6.45, 7) is 0.433. The molecule has 1 aliphatic rings. The number of aromatic carboxylic acids is 1. The predicted molar refractivity (Wildman–Crippen MR) is 150 cm³/mol. The van der Waals surface area contributed by atoms with Crippen LogP contribution in [0.3, 0.4) is 0 Å². The topological polar surface area (TPSA) is 59.4 Å². The smallest absolute Gasteiger partial charge is 1.00 e. The van der Waals surface area contributed by atoms with E-state index in [0.717, 1.165) is 45.0 Å². The van der Waals surface area contributed by atoms with Gasteiger partial charge in [-0.2, -0.15) is 0 Å². The maximum Gasteiger partial charge on any atom is 1.00 e. The monoisotopic (exact) mass is 561 g/mol. The van der Waals surface area contributed by atoms with Crippen molar-refractivity contribution in [1.29, 1.82) is 0 Å². The fourth-order valence-electron chi connectivity index (χ4n) is 4.62. The minimum Gasteiger partial charge on any atom is -1.00 e. The van der Waals surface area contributed by atoms with Crippen LogP contribution in [-0.2, 0) is 6.61 Å². The van der Waals surface area contributed by atoms with Crippen molar-refractivity contribution < 1.29 is 54.4 Å². The number of pyridine rings is 1. The van der Waals surface area contributed by atoms with Gasteiger partial charge in [-0.1, -0.05) is 48.5 Å². The van der Waals surface area contributed by atoms with Gasteiger partial charge in [-0.15, -0.1) is 11.8 Å². The van der Waals surface area contributed by atoms with Gasteiger partial charge in [0.15, 0.2) is 11.6 Å². The normalized spacial score (nSPS) is 14.1. The number of fused-ring (bicyclic) bond motifs is 3. The predicted octanol–water partition coefficient (Wildman–Crippen LogP) is 5.27. The molecule has 0 saturated carbocycles. The van der Waals surface area contributed by atoms with Gasteiger partial charge < -0.3 is 11.3 Å². The second-order valence-corrected chi connectivity index (χ2v) is 10.3. The number of thioether (sulfide) groups is 1. The minimum atomic E-state index is -0.968. The first-order valence-electron chi connectivity index (χ1n) is 12.2. The first kappa shape index (κ1) is 28.1. The Labute approximate surface area is 257 Å². The quantitative estimate of drug-likeness (QED) is 0.296. The van der Waals surface area contributed by atoms with E-state index >= 15 is 0 Å². The minimum absolute atomic E-state index is 0. The molecule has 6 rings (SSSR count). The Morgan fingerprint density at radius 2 is 1.75 bits per heavy atom. The molecule has 1 unspecified atom stereocenters.